The van der Waals surface area contributed by atoms with Gasteiger partial charge < -0.3 is 4.57 Å². The van der Waals surface area contributed by atoms with Gasteiger partial charge in [0.15, 0.2) is 0 Å². The van der Waals surface area contributed by atoms with Crippen LogP contribution in [-0.4, -0.2) is 4.57 Å². The zero-order chi connectivity index (χ0) is 14.2. The van der Waals surface area contributed by atoms with E-state index in [0.717, 1.165) is 11.3 Å². The van der Waals surface area contributed by atoms with Gasteiger partial charge in [0.25, 0.3) is 0 Å². The molecule has 0 aliphatic carbocycles. The van der Waals surface area contributed by atoms with Crippen molar-refractivity contribution in [3.05, 3.63) is 58.4 Å². The number of hydrogen-bond donors (Lipinski definition) is 0. The molecule has 0 bridgehead atoms. The predicted octanol–water partition coefficient (Wildman–Crippen LogP) is 4.25. The molecule has 1 aromatic heterocycles. The van der Waals surface area contributed by atoms with Crippen LogP contribution in [0.1, 0.15) is 27.9 Å². The first kappa shape index (κ1) is 13.7. The number of halogens is 3. The zero-order valence-corrected chi connectivity index (χ0v) is 11.2. The van der Waals surface area contributed by atoms with Crippen molar-refractivity contribution in [3.63, 3.8) is 0 Å². The van der Waals surface area contributed by atoms with Crippen LogP contribution in [-0.2, 0) is 19.6 Å². The van der Waals surface area contributed by atoms with Crippen LogP contribution < -0.4 is 0 Å². The van der Waals surface area contributed by atoms with Crippen molar-refractivity contribution in [2.24, 2.45) is 7.05 Å². The summed E-state index contributed by atoms with van der Waals surface area (Å²) >= 11 is 0. The number of aromatic nitrogens is 1. The van der Waals surface area contributed by atoms with Crippen LogP contribution >= 0.6 is 0 Å². The molecule has 0 aliphatic rings. The Morgan fingerprint density at radius 3 is 2.11 bits per heavy atom. The lowest BCUT2D eigenvalue weighted by molar-refractivity contribution is -0.137. The summed E-state index contributed by atoms with van der Waals surface area (Å²) in [5.41, 5.74) is 2.86. The van der Waals surface area contributed by atoms with E-state index in [1.807, 2.05) is 29.9 Å². The van der Waals surface area contributed by atoms with Crippen LogP contribution in [0.3, 0.4) is 0 Å². The van der Waals surface area contributed by atoms with E-state index < -0.39 is 11.7 Å². The Morgan fingerprint density at radius 1 is 1.11 bits per heavy atom. The van der Waals surface area contributed by atoms with E-state index in [9.17, 15) is 13.2 Å². The second-order valence-electron chi connectivity index (χ2n) is 4.87. The number of nitrogens with zero attached hydrogens (tertiary/aromatic N) is 1. The molecule has 0 radical (unpaired) electrons. The molecule has 2 aromatic rings. The van der Waals surface area contributed by atoms with Gasteiger partial charge in [-0.1, -0.05) is 0 Å². The van der Waals surface area contributed by atoms with Crippen LogP contribution in [0, 0.1) is 13.8 Å². The summed E-state index contributed by atoms with van der Waals surface area (Å²) < 4.78 is 40.1. The second kappa shape index (κ2) is 4.76. The van der Waals surface area contributed by atoms with E-state index in [-0.39, 0.29) is 0 Å². The minimum atomic E-state index is -4.28. The third-order valence-corrected chi connectivity index (χ3v) is 3.43. The largest absolute Gasteiger partial charge is 0.416 e. The molecular formula is C15H16F3N. The first-order chi connectivity index (χ1) is 8.79. The van der Waals surface area contributed by atoms with Gasteiger partial charge in [-0.2, -0.15) is 13.2 Å². The molecular weight excluding hydrogens is 251 g/mol. The van der Waals surface area contributed by atoms with Gasteiger partial charge in [0.2, 0.25) is 0 Å². The molecule has 0 unspecified atom stereocenters. The van der Waals surface area contributed by atoms with Crippen molar-refractivity contribution in [1.29, 1.82) is 0 Å². The Labute approximate surface area is 110 Å². The molecule has 0 N–H and O–H groups in total. The van der Waals surface area contributed by atoms with E-state index in [0.29, 0.717) is 17.5 Å². The summed E-state index contributed by atoms with van der Waals surface area (Å²) in [7, 11) is 1.93. The molecule has 0 aliphatic heterocycles. The lowest BCUT2D eigenvalue weighted by atomic mass is 9.95. The fourth-order valence-corrected chi connectivity index (χ4v) is 2.30. The Morgan fingerprint density at radius 2 is 1.68 bits per heavy atom. The number of hydrogen-bond acceptors (Lipinski definition) is 0. The number of aryl methyl sites for hydroxylation is 3. The van der Waals surface area contributed by atoms with Crippen molar-refractivity contribution in [2.75, 3.05) is 0 Å². The Balaban J connectivity index is 2.40. The molecule has 0 saturated carbocycles. The number of benzene rings is 1. The molecule has 19 heavy (non-hydrogen) atoms. The summed E-state index contributed by atoms with van der Waals surface area (Å²) in [5.74, 6) is 0. The summed E-state index contributed by atoms with van der Waals surface area (Å²) in [6, 6.07) is 6.37. The molecule has 0 spiro atoms. The van der Waals surface area contributed by atoms with E-state index >= 15 is 0 Å². The third kappa shape index (κ3) is 2.83. The smallest absolute Gasteiger partial charge is 0.354 e. The van der Waals surface area contributed by atoms with Crippen molar-refractivity contribution in [1.82, 2.24) is 4.57 Å². The van der Waals surface area contributed by atoms with Gasteiger partial charge in [-0.15, -0.1) is 0 Å². The van der Waals surface area contributed by atoms with Crippen LogP contribution in [0.4, 0.5) is 13.2 Å². The molecule has 0 fully saturated rings. The van der Waals surface area contributed by atoms with Crippen LogP contribution in [0.2, 0.25) is 0 Å². The van der Waals surface area contributed by atoms with E-state index in [1.54, 1.807) is 13.8 Å². The molecule has 2 rings (SSSR count). The average Bonchev–Trinajstić information content (AvgIpc) is 2.68. The summed E-state index contributed by atoms with van der Waals surface area (Å²) in [4.78, 5) is 0. The van der Waals surface area contributed by atoms with Crippen molar-refractivity contribution >= 4 is 0 Å². The highest BCUT2D eigenvalue weighted by molar-refractivity contribution is 5.41. The van der Waals surface area contributed by atoms with Crippen molar-refractivity contribution in [3.8, 4) is 0 Å². The van der Waals surface area contributed by atoms with E-state index in [2.05, 4.69) is 0 Å². The number of alkyl halides is 3. The Kier molecular flexibility index (Phi) is 3.43. The standard InChI is InChI=1S/C15H16F3N/c1-10-7-12(15(16,17)18)8-11(2)14(10)9-13-5-4-6-19(13)3/h4-8H,9H2,1-3H3. The third-order valence-electron chi connectivity index (χ3n) is 3.43. The fourth-order valence-electron chi connectivity index (χ4n) is 2.30. The Hall–Kier alpha value is -1.71. The van der Waals surface area contributed by atoms with Crippen molar-refractivity contribution < 1.29 is 13.2 Å². The zero-order valence-electron chi connectivity index (χ0n) is 11.2. The van der Waals surface area contributed by atoms with Crippen LogP contribution in [0.5, 0.6) is 0 Å². The van der Waals surface area contributed by atoms with Gasteiger partial charge in [-0.25, -0.2) is 0 Å². The maximum absolute atomic E-state index is 12.7. The summed E-state index contributed by atoms with van der Waals surface area (Å²) in [6.45, 7) is 3.47. The van der Waals surface area contributed by atoms with E-state index in [1.165, 1.54) is 12.1 Å². The molecule has 1 heterocycles. The summed E-state index contributed by atoms with van der Waals surface area (Å²) in [6.07, 6.45) is -1.69. The highest BCUT2D eigenvalue weighted by Gasteiger charge is 2.31. The van der Waals surface area contributed by atoms with Crippen LogP contribution in [0.15, 0.2) is 30.5 Å². The van der Waals surface area contributed by atoms with Gasteiger partial charge in [0.1, 0.15) is 0 Å². The van der Waals surface area contributed by atoms with Gasteiger partial charge in [0.05, 0.1) is 5.56 Å². The molecule has 0 atom stereocenters. The molecule has 0 saturated heterocycles. The highest BCUT2D eigenvalue weighted by atomic mass is 19.4. The minimum Gasteiger partial charge on any atom is -0.354 e. The first-order valence-electron chi connectivity index (χ1n) is 6.06. The topological polar surface area (TPSA) is 4.93 Å². The molecule has 0 amide bonds. The van der Waals surface area contributed by atoms with Gasteiger partial charge in [0, 0.05) is 25.4 Å². The van der Waals surface area contributed by atoms with Gasteiger partial charge in [-0.05, 0) is 54.8 Å². The number of rotatable bonds is 2. The monoisotopic (exact) mass is 267 g/mol. The highest BCUT2D eigenvalue weighted by Crippen LogP contribution is 2.32. The molecule has 102 valence electrons. The molecule has 4 heteroatoms. The Bertz CT molecular complexity index is 571. The predicted molar refractivity (Wildman–Crippen MR) is 69.1 cm³/mol. The second-order valence-corrected chi connectivity index (χ2v) is 4.87. The maximum Gasteiger partial charge on any atom is 0.416 e. The summed E-state index contributed by atoms with van der Waals surface area (Å²) in [5, 5.41) is 0. The lowest BCUT2D eigenvalue weighted by Crippen LogP contribution is -2.08. The lowest BCUT2D eigenvalue weighted by Gasteiger charge is -2.15. The van der Waals surface area contributed by atoms with Crippen molar-refractivity contribution in [2.45, 2.75) is 26.4 Å². The molecule has 1 nitrogen and oxygen atoms in total. The van der Waals surface area contributed by atoms with Gasteiger partial charge >= 0.3 is 6.18 Å². The SMILES string of the molecule is Cc1cc(C(F)(F)F)cc(C)c1Cc1cccn1C. The maximum atomic E-state index is 12.7. The minimum absolute atomic E-state index is 0.571. The fraction of sp³-hybridized carbons (Fsp3) is 0.333. The van der Waals surface area contributed by atoms with Gasteiger partial charge in [-0.3, -0.25) is 0 Å². The normalized spacial score (nSPS) is 11.9. The molecule has 1 aromatic carbocycles. The first-order valence-corrected chi connectivity index (χ1v) is 6.06. The quantitative estimate of drug-likeness (QED) is 0.766. The average molecular weight is 267 g/mol. The van der Waals surface area contributed by atoms with E-state index in [4.69, 9.17) is 0 Å². The van der Waals surface area contributed by atoms with Crippen LogP contribution in [0.25, 0.3) is 0 Å².